The highest BCUT2D eigenvalue weighted by atomic mass is 79.9. The molecular formula is C12H17BrClNO3S. The molecular weight excluding hydrogens is 354 g/mol. The van der Waals surface area contributed by atoms with Gasteiger partial charge in [0.25, 0.3) is 0 Å². The fraction of sp³-hybridized carbons (Fsp3) is 0.500. The Morgan fingerprint density at radius 2 is 2.05 bits per heavy atom. The number of nitrogens with zero attached hydrogens (tertiary/aromatic N) is 1. The molecule has 0 spiro atoms. The van der Waals surface area contributed by atoms with Gasteiger partial charge in [-0.3, -0.25) is 0 Å². The van der Waals surface area contributed by atoms with Crippen molar-refractivity contribution in [1.82, 2.24) is 4.31 Å². The molecule has 0 bridgehead atoms. The monoisotopic (exact) mass is 369 g/mol. The van der Waals surface area contributed by atoms with Crippen molar-refractivity contribution in [1.29, 1.82) is 0 Å². The molecule has 0 aliphatic heterocycles. The van der Waals surface area contributed by atoms with Crippen LogP contribution in [0.25, 0.3) is 0 Å². The van der Waals surface area contributed by atoms with E-state index >= 15 is 0 Å². The molecule has 0 unspecified atom stereocenters. The lowest BCUT2D eigenvalue weighted by Crippen LogP contribution is -2.34. The molecule has 1 aromatic rings. The summed E-state index contributed by atoms with van der Waals surface area (Å²) in [6, 6.07) is 4.65. The zero-order chi connectivity index (χ0) is 14.5. The molecule has 1 aromatic carbocycles. The van der Waals surface area contributed by atoms with Crippen molar-refractivity contribution in [2.75, 3.05) is 19.7 Å². The second kappa shape index (κ2) is 7.59. The van der Waals surface area contributed by atoms with Crippen LogP contribution in [0.2, 0.25) is 5.02 Å². The molecule has 1 rings (SSSR count). The number of hydrogen-bond donors (Lipinski definition) is 1. The van der Waals surface area contributed by atoms with Crippen LogP contribution < -0.4 is 0 Å². The largest absolute Gasteiger partial charge is 0.395 e. The number of aliphatic hydroxyl groups is 1. The van der Waals surface area contributed by atoms with Gasteiger partial charge in [0.1, 0.15) is 4.90 Å². The molecule has 0 aliphatic rings. The van der Waals surface area contributed by atoms with Crippen molar-refractivity contribution in [3.05, 3.63) is 27.7 Å². The third-order valence-corrected chi connectivity index (χ3v) is 5.50. The van der Waals surface area contributed by atoms with Gasteiger partial charge >= 0.3 is 0 Å². The van der Waals surface area contributed by atoms with Crippen LogP contribution in [0.1, 0.15) is 19.8 Å². The maximum Gasteiger partial charge on any atom is 0.244 e. The molecule has 0 saturated carbocycles. The highest BCUT2D eigenvalue weighted by Crippen LogP contribution is 2.27. The standard InChI is InChI=1S/C12H17BrClNO3S/c1-2-3-6-15(7-8-16)19(17,18)12-5-4-10(13)9-11(12)14/h4-5,9,16H,2-3,6-8H2,1H3. The van der Waals surface area contributed by atoms with Gasteiger partial charge in [-0.05, 0) is 24.6 Å². The zero-order valence-electron chi connectivity index (χ0n) is 10.6. The minimum absolute atomic E-state index is 0.0712. The summed E-state index contributed by atoms with van der Waals surface area (Å²) in [4.78, 5) is 0.0712. The number of sulfonamides is 1. The van der Waals surface area contributed by atoms with E-state index in [0.29, 0.717) is 6.54 Å². The van der Waals surface area contributed by atoms with Crippen LogP contribution >= 0.6 is 27.5 Å². The second-order valence-corrected chi connectivity index (χ2v) is 7.29. The third kappa shape index (κ3) is 4.43. The van der Waals surface area contributed by atoms with E-state index < -0.39 is 10.0 Å². The Hall–Kier alpha value is -0.140. The molecule has 0 amide bonds. The lowest BCUT2D eigenvalue weighted by molar-refractivity contribution is 0.252. The molecule has 4 nitrogen and oxygen atoms in total. The molecule has 0 radical (unpaired) electrons. The maximum absolute atomic E-state index is 12.5. The Labute approximate surface area is 127 Å². The summed E-state index contributed by atoms with van der Waals surface area (Å²) >= 11 is 9.23. The van der Waals surface area contributed by atoms with Gasteiger partial charge in [0.2, 0.25) is 10.0 Å². The van der Waals surface area contributed by atoms with Crippen molar-refractivity contribution in [2.45, 2.75) is 24.7 Å². The van der Waals surface area contributed by atoms with E-state index in [1.807, 2.05) is 6.92 Å². The topological polar surface area (TPSA) is 57.6 Å². The predicted octanol–water partition coefficient (Wildman–Crippen LogP) is 2.89. The quantitative estimate of drug-likeness (QED) is 0.803. The predicted molar refractivity (Wildman–Crippen MR) is 79.9 cm³/mol. The van der Waals surface area contributed by atoms with Crippen molar-refractivity contribution >= 4 is 37.6 Å². The first kappa shape index (κ1) is 16.9. The van der Waals surface area contributed by atoms with Gasteiger partial charge in [-0.25, -0.2) is 8.42 Å². The van der Waals surface area contributed by atoms with Gasteiger partial charge in [-0.15, -0.1) is 0 Å². The minimum Gasteiger partial charge on any atom is -0.395 e. The normalized spacial score (nSPS) is 12.1. The van der Waals surface area contributed by atoms with Gasteiger partial charge in [0.15, 0.2) is 0 Å². The number of benzene rings is 1. The van der Waals surface area contributed by atoms with Crippen LogP contribution in [0.3, 0.4) is 0 Å². The molecule has 19 heavy (non-hydrogen) atoms. The Kier molecular flexibility index (Phi) is 6.76. The first-order chi connectivity index (χ1) is 8.93. The highest BCUT2D eigenvalue weighted by Gasteiger charge is 2.25. The third-order valence-electron chi connectivity index (χ3n) is 2.62. The van der Waals surface area contributed by atoms with Gasteiger partial charge in [-0.2, -0.15) is 4.31 Å². The van der Waals surface area contributed by atoms with Crippen molar-refractivity contribution in [3.63, 3.8) is 0 Å². The fourth-order valence-corrected chi connectivity index (χ4v) is 4.10. The molecule has 7 heteroatoms. The summed E-state index contributed by atoms with van der Waals surface area (Å²) in [5, 5.41) is 9.19. The summed E-state index contributed by atoms with van der Waals surface area (Å²) in [7, 11) is -3.66. The number of aliphatic hydroxyl groups excluding tert-OH is 1. The van der Waals surface area contributed by atoms with E-state index in [-0.39, 0.29) is 23.1 Å². The Morgan fingerprint density at radius 1 is 1.37 bits per heavy atom. The average molecular weight is 371 g/mol. The van der Waals surface area contributed by atoms with Crippen LogP contribution in [0, 0.1) is 0 Å². The number of halogens is 2. The van der Waals surface area contributed by atoms with Crippen molar-refractivity contribution in [2.24, 2.45) is 0 Å². The minimum atomic E-state index is -3.66. The Morgan fingerprint density at radius 3 is 2.58 bits per heavy atom. The van der Waals surface area contributed by atoms with E-state index in [2.05, 4.69) is 15.9 Å². The number of rotatable bonds is 7. The number of hydrogen-bond acceptors (Lipinski definition) is 3. The van der Waals surface area contributed by atoms with Crippen molar-refractivity contribution < 1.29 is 13.5 Å². The van der Waals surface area contributed by atoms with Gasteiger partial charge in [0, 0.05) is 17.6 Å². The van der Waals surface area contributed by atoms with E-state index in [4.69, 9.17) is 16.7 Å². The van der Waals surface area contributed by atoms with Gasteiger partial charge in [-0.1, -0.05) is 40.9 Å². The summed E-state index contributed by atoms with van der Waals surface area (Å²) < 4.78 is 26.9. The van der Waals surface area contributed by atoms with E-state index in [1.165, 1.54) is 10.4 Å². The molecule has 0 atom stereocenters. The van der Waals surface area contributed by atoms with Crippen LogP contribution in [0.15, 0.2) is 27.6 Å². The van der Waals surface area contributed by atoms with E-state index in [9.17, 15) is 8.42 Å². The van der Waals surface area contributed by atoms with Crippen molar-refractivity contribution in [3.8, 4) is 0 Å². The molecule has 0 aliphatic carbocycles. The second-order valence-electron chi connectivity index (χ2n) is 4.06. The lowest BCUT2D eigenvalue weighted by atomic mass is 10.3. The first-order valence-electron chi connectivity index (χ1n) is 5.99. The molecule has 0 saturated heterocycles. The molecule has 0 heterocycles. The van der Waals surface area contributed by atoms with Crippen LogP contribution in [0.4, 0.5) is 0 Å². The summed E-state index contributed by atoms with van der Waals surface area (Å²) in [5.74, 6) is 0. The molecule has 108 valence electrons. The average Bonchev–Trinajstić information content (AvgIpc) is 2.33. The Balaban J connectivity index is 3.11. The Bertz CT molecular complexity index is 522. The van der Waals surface area contributed by atoms with E-state index in [1.54, 1.807) is 12.1 Å². The summed E-state index contributed by atoms with van der Waals surface area (Å²) in [5.41, 5.74) is 0. The fourth-order valence-electron chi connectivity index (χ4n) is 1.62. The smallest absolute Gasteiger partial charge is 0.244 e. The maximum atomic E-state index is 12.5. The molecule has 0 fully saturated rings. The van der Waals surface area contributed by atoms with Crippen LogP contribution in [-0.2, 0) is 10.0 Å². The molecule has 1 N–H and O–H groups in total. The van der Waals surface area contributed by atoms with Gasteiger partial charge in [0.05, 0.1) is 11.6 Å². The highest BCUT2D eigenvalue weighted by molar-refractivity contribution is 9.10. The lowest BCUT2D eigenvalue weighted by Gasteiger charge is -2.21. The summed E-state index contributed by atoms with van der Waals surface area (Å²) in [6.45, 7) is 2.23. The SMILES string of the molecule is CCCCN(CCO)S(=O)(=O)c1ccc(Br)cc1Cl. The number of unbranched alkanes of at least 4 members (excludes halogenated alkanes) is 1. The van der Waals surface area contributed by atoms with Crippen LogP contribution in [0.5, 0.6) is 0 Å². The van der Waals surface area contributed by atoms with Gasteiger partial charge < -0.3 is 5.11 Å². The van der Waals surface area contributed by atoms with E-state index in [0.717, 1.165) is 17.3 Å². The zero-order valence-corrected chi connectivity index (χ0v) is 13.8. The summed E-state index contributed by atoms with van der Waals surface area (Å²) in [6.07, 6.45) is 1.62. The first-order valence-corrected chi connectivity index (χ1v) is 8.60. The molecule has 0 aromatic heterocycles. The van der Waals surface area contributed by atoms with Crippen LogP contribution in [-0.4, -0.2) is 37.5 Å².